The first-order valence-corrected chi connectivity index (χ1v) is 6.84. The van der Waals surface area contributed by atoms with E-state index in [1.807, 2.05) is 27.7 Å². The van der Waals surface area contributed by atoms with Crippen molar-refractivity contribution in [2.45, 2.75) is 53.1 Å². The number of rotatable bonds is 7. The van der Waals surface area contributed by atoms with E-state index in [9.17, 15) is 14.4 Å². The van der Waals surface area contributed by atoms with E-state index in [2.05, 4.69) is 15.4 Å². The Morgan fingerprint density at radius 1 is 1.05 bits per heavy atom. The number of carbonyl (C=O) groups excluding carboxylic acids is 3. The Morgan fingerprint density at radius 3 is 1.95 bits per heavy atom. The quantitative estimate of drug-likeness (QED) is 0.680. The molecule has 2 N–H and O–H groups in total. The van der Waals surface area contributed by atoms with Crippen LogP contribution < -0.4 is 10.6 Å². The Bertz CT molecular complexity index is 353. The minimum absolute atomic E-state index is 0.0940. The second-order valence-electron chi connectivity index (χ2n) is 5.64. The Hall–Kier alpha value is -1.59. The molecule has 0 spiro atoms. The van der Waals surface area contributed by atoms with E-state index < -0.39 is 18.1 Å². The van der Waals surface area contributed by atoms with Gasteiger partial charge in [0.05, 0.1) is 7.11 Å². The molecule has 0 aliphatic heterocycles. The molecule has 2 atom stereocenters. The molecular weight excluding hydrogens is 260 g/mol. The standard InChI is InChI=1S/C14H26N2O4/c1-8(2)7-11(15-10(5)17)13(18)16-12(9(3)4)14(19)20-6/h8-9,11-12H,7H2,1-6H3,(H,15,17)(H,16,18)/t11-,12+/m0/s1. The Balaban J connectivity index is 4.86. The van der Waals surface area contributed by atoms with Gasteiger partial charge in [-0.3, -0.25) is 9.59 Å². The first kappa shape index (κ1) is 18.4. The number of hydrogen-bond acceptors (Lipinski definition) is 4. The van der Waals surface area contributed by atoms with Gasteiger partial charge in [-0.2, -0.15) is 0 Å². The summed E-state index contributed by atoms with van der Waals surface area (Å²) in [5, 5.41) is 5.26. The summed E-state index contributed by atoms with van der Waals surface area (Å²) in [7, 11) is 1.28. The van der Waals surface area contributed by atoms with Crippen LogP contribution in [0.2, 0.25) is 0 Å². The van der Waals surface area contributed by atoms with Gasteiger partial charge in [-0.05, 0) is 18.3 Å². The van der Waals surface area contributed by atoms with Crippen LogP contribution in [-0.4, -0.2) is 37.0 Å². The van der Waals surface area contributed by atoms with Crippen molar-refractivity contribution in [1.29, 1.82) is 0 Å². The summed E-state index contributed by atoms with van der Waals surface area (Å²) in [6, 6.07) is -1.35. The molecule has 6 nitrogen and oxygen atoms in total. The summed E-state index contributed by atoms with van der Waals surface area (Å²) < 4.78 is 4.68. The summed E-state index contributed by atoms with van der Waals surface area (Å²) in [6.45, 7) is 8.92. The van der Waals surface area contributed by atoms with Crippen LogP contribution in [0.15, 0.2) is 0 Å². The van der Waals surface area contributed by atoms with Crippen LogP contribution in [0.1, 0.15) is 41.0 Å². The summed E-state index contributed by atoms with van der Waals surface area (Å²) in [5.41, 5.74) is 0. The summed E-state index contributed by atoms with van der Waals surface area (Å²) in [4.78, 5) is 35.0. The molecule has 6 heteroatoms. The fourth-order valence-electron chi connectivity index (χ4n) is 1.83. The molecular formula is C14H26N2O4. The Morgan fingerprint density at radius 2 is 1.60 bits per heavy atom. The zero-order chi connectivity index (χ0) is 15.9. The van der Waals surface area contributed by atoms with E-state index in [0.29, 0.717) is 6.42 Å². The SMILES string of the molecule is COC(=O)[C@H](NC(=O)[C@H](CC(C)C)NC(C)=O)C(C)C. The zero-order valence-electron chi connectivity index (χ0n) is 13.1. The average Bonchev–Trinajstić information content (AvgIpc) is 2.32. The molecule has 116 valence electrons. The maximum atomic E-state index is 12.2. The molecule has 0 aromatic rings. The van der Waals surface area contributed by atoms with E-state index in [1.165, 1.54) is 14.0 Å². The predicted octanol–water partition coefficient (Wildman–Crippen LogP) is 0.851. The van der Waals surface area contributed by atoms with Crippen LogP contribution in [0.4, 0.5) is 0 Å². The van der Waals surface area contributed by atoms with Crippen molar-refractivity contribution in [3.63, 3.8) is 0 Å². The van der Waals surface area contributed by atoms with E-state index in [1.54, 1.807) is 0 Å². The van der Waals surface area contributed by atoms with Gasteiger partial charge in [0, 0.05) is 6.92 Å². The molecule has 0 unspecified atom stereocenters. The highest BCUT2D eigenvalue weighted by Crippen LogP contribution is 2.08. The normalized spacial score (nSPS) is 13.8. The number of amides is 2. The zero-order valence-corrected chi connectivity index (χ0v) is 13.1. The van der Waals surface area contributed by atoms with Crippen LogP contribution in [0.25, 0.3) is 0 Å². The van der Waals surface area contributed by atoms with Crippen LogP contribution >= 0.6 is 0 Å². The van der Waals surface area contributed by atoms with Crippen molar-refractivity contribution in [3.05, 3.63) is 0 Å². The molecule has 0 aromatic heterocycles. The third-order valence-corrected chi connectivity index (χ3v) is 2.82. The third kappa shape index (κ3) is 6.54. The molecule has 0 aromatic carbocycles. The van der Waals surface area contributed by atoms with E-state index in [4.69, 9.17) is 0 Å². The minimum atomic E-state index is -0.712. The van der Waals surface area contributed by atoms with Crippen LogP contribution in [0, 0.1) is 11.8 Å². The lowest BCUT2D eigenvalue weighted by Gasteiger charge is -2.24. The van der Waals surface area contributed by atoms with Crippen LogP contribution in [0.5, 0.6) is 0 Å². The lowest BCUT2D eigenvalue weighted by atomic mass is 10.0. The molecule has 0 fully saturated rings. The van der Waals surface area contributed by atoms with Gasteiger partial charge in [0.1, 0.15) is 12.1 Å². The molecule has 0 heterocycles. The number of methoxy groups -OCH3 is 1. The number of esters is 1. The second kappa shape index (κ2) is 8.55. The van der Waals surface area contributed by atoms with Gasteiger partial charge in [-0.1, -0.05) is 27.7 Å². The van der Waals surface area contributed by atoms with Gasteiger partial charge in [0.25, 0.3) is 0 Å². The van der Waals surface area contributed by atoms with Crippen molar-refractivity contribution >= 4 is 17.8 Å². The van der Waals surface area contributed by atoms with Crippen LogP contribution in [0.3, 0.4) is 0 Å². The van der Waals surface area contributed by atoms with Crippen LogP contribution in [-0.2, 0) is 19.1 Å². The monoisotopic (exact) mass is 286 g/mol. The number of hydrogen-bond donors (Lipinski definition) is 2. The Kier molecular flexibility index (Phi) is 7.87. The van der Waals surface area contributed by atoms with Gasteiger partial charge in [-0.25, -0.2) is 4.79 Å². The topological polar surface area (TPSA) is 84.5 Å². The van der Waals surface area contributed by atoms with Crippen molar-refractivity contribution in [1.82, 2.24) is 10.6 Å². The number of carbonyl (C=O) groups is 3. The van der Waals surface area contributed by atoms with E-state index in [0.717, 1.165) is 0 Å². The van der Waals surface area contributed by atoms with Crippen molar-refractivity contribution < 1.29 is 19.1 Å². The van der Waals surface area contributed by atoms with Gasteiger partial charge in [0.15, 0.2) is 0 Å². The van der Waals surface area contributed by atoms with Gasteiger partial charge < -0.3 is 15.4 Å². The molecule has 20 heavy (non-hydrogen) atoms. The summed E-state index contributed by atoms with van der Waals surface area (Å²) in [6.07, 6.45) is 0.511. The third-order valence-electron chi connectivity index (χ3n) is 2.82. The lowest BCUT2D eigenvalue weighted by Crippen LogP contribution is -2.53. The number of ether oxygens (including phenoxy) is 1. The van der Waals surface area contributed by atoms with E-state index >= 15 is 0 Å². The molecule has 0 rings (SSSR count). The molecule has 0 saturated heterocycles. The maximum Gasteiger partial charge on any atom is 0.328 e. The first-order chi connectivity index (χ1) is 9.18. The van der Waals surface area contributed by atoms with Crippen molar-refractivity contribution in [2.75, 3.05) is 7.11 Å². The fraction of sp³-hybridized carbons (Fsp3) is 0.786. The smallest absolute Gasteiger partial charge is 0.328 e. The van der Waals surface area contributed by atoms with Gasteiger partial charge in [-0.15, -0.1) is 0 Å². The first-order valence-electron chi connectivity index (χ1n) is 6.84. The highest BCUT2D eigenvalue weighted by molar-refractivity contribution is 5.90. The molecule has 0 bridgehead atoms. The highest BCUT2D eigenvalue weighted by atomic mass is 16.5. The predicted molar refractivity (Wildman–Crippen MR) is 75.8 cm³/mol. The molecule has 0 saturated carbocycles. The van der Waals surface area contributed by atoms with Crippen molar-refractivity contribution in [2.24, 2.45) is 11.8 Å². The molecule has 2 amide bonds. The minimum Gasteiger partial charge on any atom is -0.467 e. The summed E-state index contributed by atoms with van der Waals surface area (Å²) >= 11 is 0. The second-order valence-corrected chi connectivity index (χ2v) is 5.64. The maximum absolute atomic E-state index is 12.2. The van der Waals surface area contributed by atoms with Crippen molar-refractivity contribution in [3.8, 4) is 0 Å². The lowest BCUT2D eigenvalue weighted by molar-refractivity contribution is -0.146. The molecule has 0 aliphatic rings. The van der Waals surface area contributed by atoms with Gasteiger partial charge >= 0.3 is 5.97 Å². The number of nitrogens with one attached hydrogen (secondary N) is 2. The Labute approximate surface area is 120 Å². The summed E-state index contributed by atoms with van der Waals surface area (Å²) in [5.74, 6) is -0.973. The van der Waals surface area contributed by atoms with Gasteiger partial charge in [0.2, 0.25) is 11.8 Å². The molecule has 0 radical (unpaired) electrons. The largest absolute Gasteiger partial charge is 0.467 e. The fourth-order valence-corrected chi connectivity index (χ4v) is 1.83. The molecule has 0 aliphatic carbocycles. The average molecular weight is 286 g/mol. The highest BCUT2D eigenvalue weighted by Gasteiger charge is 2.29. The van der Waals surface area contributed by atoms with E-state index in [-0.39, 0.29) is 23.7 Å².